The minimum Gasteiger partial charge on any atom is -0.388 e. The highest BCUT2D eigenvalue weighted by Crippen LogP contribution is 2.16. The van der Waals surface area contributed by atoms with E-state index >= 15 is 0 Å². The maximum absolute atomic E-state index is 9.55. The number of aliphatic imine (C=N–C) groups is 1. The molecule has 0 fully saturated rings. The van der Waals surface area contributed by atoms with Crippen molar-refractivity contribution in [1.82, 2.24) is 4.98 Å². The lowest BCUT2D eigenvalue weighted by Crippen LogP contribution is -2.29. The zero-order chi connectivity index (χ0) is 15.3. The van der Waals surface area contributed by atoms with Crippen LogP contribution in [-0.4, -0.2) is 23.5 Å². The van der Waals surface area contributed by atoms with E-state index in [2.05, 4.69) is 9.98 Å². The van der Waals surface area contributed by atoms with E-state index in [1.165, 1.54) is 11.3 Å². The molecule has 0 aliphatic rings. The van der Waals surface area contributed by atoms with Crippen LogP contribution in [0.1, 0.15) is 52.7 Å². The van der Waals surface area contributed by atoms with Crippen LogP contribution in [0.5, 0.6) is 0 Å². The average molecular weight is 268 g/mol. The van der Waals surface area contributed by atoms with Gasteiger partial charge in [-0.05, 0) is 18.1 Å². The van der Waals surface area contributed by atoms with Gasteiger partial charge in [0.2, 0.25) is 0 Å². The minimum atomic E-state index is -0.461. The molecule has 5 heteroatoms. The van der Waals surface area contributed by atoms with Crippen LogP contribution in [0.25, 0.3) is 0 Å². The van der Waals surface area contributed by atoms with Crippen LogP contribution < -0.4 is 10.9 Å². The van der Waals surface area contributed by atoms with Gasteiger partial charge in [0, 0.05) is 13.2 Å². The molecule has 0 radical (unpaired) electrons. The predicted molar refractivity (Wildman–Crippen MR) is 83.3 cm³/mol. The van der Waals surface area contributed by atoms with Gasteiger partial charge in [-0.2, -0.15) is 0 Å². The highest BCUT2D eigenvalue weighted by Gasteiger charge is 2.06. The second-order valence-electron chi connectivity index (χ2n) is 3.15. The molecule has 0 aliphatic carbocycles. The summed E-state index contributed by atoms with van der Waals surface area (Å²) in [5.74, 6) is 6.21. The van der Waals surface area contributed by atoms with Gasteiger partial charge < -0.3 is 5.11 Å². The molecule has 1 rings (SSSR count). The second kappa shape index (κ2) is 13.0. The van der Waals surface area contributed by atoms with Gasteiger partial charge in [-0.3, -0.25) is 10.0 Å². The van der Waals surface area contributed by atoms with Gasteiger partial charge in [0.15, 0.2) is 0 Å². The molecule has 1 aromatic heterocycles. The summed E-state index contributed by atoms with van der Waals surface area (Å²) in [6, 6.07) is 3.55. The van der Waals surface area contributed by atoms with Crippen LogP contribution in [0, 0.1) is 0 Å². The first kappa shape index (κ1) is 19.9. The van der Waals surface area contributed by atoms with Gasteiger partial charge >= 0.3 is 0 Å². The molecule has 0 amide bonds. The third-order valence-electron chi connectivity index (χ3n) is 2.05. The Hall–Kier alpha value is -1.46. The molecule has 0 bridgehead atoms. The molecule has 110 valence electrons. The summed E-state index contributed by atoms with van der Waals surface area (Å²) in [5.41, 5.74) is 0.795. The first-order valence-corrected chi connectivity index (χ1v) is 6.79. The average Bonchev–Trinajstić information content (AvgIpc) is 2.51. The number of nitrogens with two attached hydrogens (primary N) is 1. The number of pyridine rings is 1. The Morgan fingerprint density at radius 3 is 2.32 bits per heavy atom. The Morgan fingerprint density at radius 1 is 1.37 bits per heavy atom. The molecular weight excluding hydrogens is 240 g/mol. The maximum atomic E-state index is 9.55. The van der Waals surface area contributed by atoms with E-state index in [1.807, 2.05) is 34.6 Å². The molecule has 0 aromatic carbocycles. The molecule has 1 heterocycles. The Kier molecular flexibility index (Phi) is 13.6. The lowest BCUT2D eigenvalue weighted by atomic mass is 10.1. The van der Waals surface area contributed by atoms with Crippen molar-refractivity contribution >= 4 is 12.2 Å². The molecule has 0 spiro atoms. The summed E-state index contributed by atoms with van der Waals surface area (Å²) < 4.78 is 0. The highest BCUT2D eigenvalue weighted by atomic mass is 16.3. The number of hydrazine groups is 1. The van der Waals surface area contributed by atoms with Crippen molar-refractivity contribution in [2.45, 2.75) is 47.1 Å². The molecular formula is C14H28N4O. The summed E-state index contributed by atoms with van der Waals surface area (Å²) in [6.45, 7) is 9.91. The van der Waals surface area contributed by atoms with E-state index in [9.17, 15) is 5.11 Å². The molecule has 0 saturated heterocycles. The summed E-state index contributed by atoms with van der Waals surface area (Å²) in [6.07, 6.45) is 3.30. The van der Waals surface area contributed by atoms with Gasteiger partial charge in [0.05, 0.1) is 6.10 Å². The number of anilines is 1. The normalized spacial score (nSPS) is 10.9. The molecule has 19 heavy (non-hydrogen) atoms. The van der Waals surface area contributed by atoms with E-state index < -0.39 is 6.10 Å². The fourth-order valence-electron chi connectivity index (χ4n) is 1.17. The van der Waals surface area contributed by atoms with E-state index in [0.717, 1.165) is 5.56 Å². The summed E-state index contributed by atoms with van der Waals surface area (Å²) in [5, 5.41) is 10.9. The second-order valence-corrected chi connectivity index (χ2v) is 3.15. The van der Waals surface area contributed by atoms with Gasteiger partial charge in [0.25, 0.3) is 0 Å². The lowest BCUT2D eigenvalue weighted by molar-refractivity contribution is 0.173. The number of nitrogens with zero attached hydrogens (tertiary/aromatic N) is 3. The lowest BCUT2D eigenvalue weighted by Gasteiger charge is -2.12. The first-order valence-electron chi connectivity index (χ1n) is 6.79. The summed E-state index contributed by atoms with van der Waals surface area (Å²) in [4.78, 5) is 7.89. The zero-order valence-corrected chi connectivity index (χ0v) is 13.0. The molecule has 1 unspecified atom stereocenters. The van der Waals surface area contributed by atoms with Crippen LogP contribution in [0.4, 0.5) is 5.82 Å². The van der Waals surface area contributed by atoms with Crippen LogP contribution in [0.2, 0.25) is 0 Å². The highest BCUT2D eigenvalue weighted by molar-refractivity contribution is 5.75. The number of aromatic nitrogens is 1. The third-order valence-corrected chi connectivity index (χ3v) is 2.05. The smallest absolute Gasteiger partial charge is 0.148 e. The van der Waals surface area contributed by atoms with Gasteiger partial charge in [-0.1, -0.05) is 40.7 Å². The largest absolute Gasteiger partial charge is 0.388 e. The van der Waals surface area contributed by atoms with Crippen LogP contribution in [0.3, 0.4) is 0 Å². The SMILES string of the molecule is CC.CC.CCC(O)c1ccc(N(N)C=NC)nc1. The van der Waals surface area contributed by atoms with Crippen LogP contribution in [-0.2, 0) is 0 Å². The van der Waals surface area contributed by atoms with Crippen molar-refractivity contribution in [2.75, 3.05) is 12.1 Å². The van der Waals surface area contributed by atoms with Crippen molar-refractivity contribution < 1.29 is 5.11 Å². The Bertz CT molecular complexity index is 325. The van der Waals surface area contributed by atoms with Crippen molar-refractivity contribution in [2.24, 2.45) is 10.8 Å². The Labute approximate surface area is 117 Å². The van der Waals surface area contributed by atoms with Gasteiger partial charge in [0.1, 0.15) is 12.2 Å². The minimum absolute atomic E-state index is 0.461. The number of hydrogen-bond acceptors (Lipinski definition) is 4. The van der Waals surface area contributed by atoms with E-state index in [1.54, 1.807) is 25.4 Å². The molecule has 5 nitrogen and oxygen atoms in total. The monoisotopic (exact) mass is 268 g/mol. The fourth-order valence-corrected chi connectivity index (χ4v) is 1.17. The van der Waals surface area contributed by atoms with Crippen molar-refractivity contribution in [3.8, 4) is 0 Å². The number of aliphatic hydroxyl groups excluding tert-OH is 1. The zero-order valence-electron chi connectivity index (χ0n) is 13.0. The number of aliphatic hydroxyl groups is 1. The van der Waals surface area contributed by atoms with Crippen LogP contribution >= 0.6 is 0 Å². The molecule has 1 atom stereocenters. The molecule has 0 aliphatic heterocycles. The van der Waals surface area contributed by atoms with Crippen LogP contribution in [0.15, 0.2) is 23.3 Å². The molecule has 1 aromatic rings. The quantitative estimate of drug-likeness (QED) is 0.381. The van der Waals surface area contributed by atoms with Crippen molar-refractivity contribution in [1.29, 1.82) is 0 Å². The topological polar surface area (TPSA) is 74.7 Å². The summed E-state index contributed by atoms with van der Waals surface area (Å²) in [7, 11) is 1.63. The third kappa shape index (κ3) is 7.54. The van der Waals surface area contributed by atoms with Gasteiger partial charge in [-0.25, -0.2) is 10.8 Å². The molecule has 0 saturated carbocycles. The summed E-state index contributed by atoms with van der Waals surface area (Å²) >= 11 is 0. The van der Waals surface area contributed by atoms with E-state index in [-0.39, 0.29) is 0 Å². The standard InChI is InChI=1S/C10H16N4O.2C2H6/c1-3-9(15)8-4-5-10(13-6-8)14(11)7-12-2;2*1-2/h4-7,9,15H,3,11H2,1-2H3;2*1-2H3. The number of rotatable bonds is 4. The maximum Gasteiger partial charge on any atom is 0.148 e. The Morgan fingerprint density at radius 2 is 1.95 bits per heavy atom. The van der Waals surface area contributed by atoms with E-state index in [0.29, 0.717) is 12.2 Å². The number of hydrogen-bond donors (Lipinski definition) is 2. The van der Waals surface area contributed by atoms with Crippen molar-refractivity contribution in [3.05, 3.63) is 23.9 Å². The molecule has 3 N–H and O–H groups in total. The Balaban J connectivity index is 0. The van der Waals surface area contributed by atoms with Gasteiger partial charge in [-0.15, -0.1) is 0 Å². The van der Waals surface area contributed by atoms with Crippen molar-refractivity contribution in [3.63, 3.8) is 0 Å². The predicted octanol–water partition coefficient (Wildman–Crippen LogP) is 2.92. The van der Waals surface area contributed by atoms with E-state index in [4.69, 9.17) is 5.84 Å². The first-order chi connectivity index (χ1) is 9.19. The fraction of sp³-hybridized carbons (Fsp3) is 0.571.